The topological polar surface area (TPSA) is 127 Å². The Balaban J connectivity index is 4.80. The minimum Gasteiger partial charge on any atom is -0.481 e. The molecular formula is C13H20O8. The maximum atomic E-state index is 11.5. The molecule has 0 aliphatic carbocycles. The summed E-state index contributed by atoms with van der Waals surface area (Å²) in [7, 11) is 0. The maximum Gasteiger partial charge on any atom is 0.316 e. The second kappa shape index (κ2) is 8.93. The van der Waals surface area contributed by atoms with Crippen molar-refractivity contribution in [1.82, 2.24) is 0 Å². The summed E-state index contributed by atoms with van der Waals surface area (Å²) in [6, 6.07) is 0. The maximum absolute atomic E-state index is 11.5. The SMILES string of the molecule is CC(=O)OCC(CCCCC(=O)O)(COC(C)=O)C(=O)O. The van der Waals surface area contributed by atoms with Crippen LogP contribution in [0.25, 0.3) is 0 Å². The number of carboxylic acid groups (broad SMARTS) is 2. The van der Waals surface area contributed by atoms with Crippen molar-refractivity contribution >= 4 is 23.9 Å². The standard InChI is InChI=1S/C13H20O8/c1-9(14)20-7-13(12(18)19,8-21-10(2)15)6-4-3-5-11(16)17/h3-8H2,1-2H3,(H,16,17)(H,18,19). The Kier molecular flexibility index (Phi) is 8.03. The normalized spacial score (nSPS) is 10.8. The summed E-state index contributed by atoms with van der Waals surface area (Å²) in [4.78, 5) is 43.6. The predicted molar refractivity (Wildman–Crippen MR) is 69.4 cm³/mol. The highest BCUT2D eigenvalue weighted by Gasteiger charge is 2.41. The van der Waals surface area contributed by atoms with Crippen molar-refractivity contribution in [2.45, 2.75) is 39.5 Å². The molecule has 120 valence electrons. The first-order valence-electron chi connectivity index (χ1n) is 6.41. The van der Waals surface area contributed by atoms with Crippen LogP contribution >= 0.6 is 0 Å². The van der Waals surface area contributed by atoms with E-state index in [0.29, 0.717) is 6.42 Å². The van der Waals surface area contributed by atoms with Crippen LogP contribution in [0.5, 0.6) is 0 Å². The van der Waals surface area contributed by atoms with E-state index in [0.717, 1.165) is 13.8 Å². The lowest BCUT2D eigenvalue weighted by Crippen LogP contribution is -2.41. The predicted octanol–water partition coefficient (Wildman–Crippen LogP) is 0.829. The van der Waals surface area contributed by atoms with Gasteiger partial charge in [-0.2, -0.15) is 0 Å². The van der Waals surface area contributed by atoms with Crippen LogP contribution in [0.4, 0.5) is 0 Å². The molecule has 0 heterocycles. The van der Waals surface area contributed by atoms with Crippen molar-refractivity contribution in [3.05, 3.63) is 0 Å². The van der Waals surface area contributed by atoms with E-state index >= 15 is 0 Å². The lowest BCUT2D eigenvalue weighted by atomic mass is 9.84. The van der Waals surface area contributed by atoms with Gasteiger partial charge >= 0.3 is 23.9 Å². The van der Waals surface area contributed by atoms with E-state index < -0.39 is 42.5 Å². The third-order valence-electron chi connectivity index (χ3n) is 2.85. The quantitative estimate of drug-likeness (QED) is 0.448. The van der Waals surface area contributed by atoms with Gasteiger partial charge in [0, 0.05) is 20.3 Å². The van der Waals surface area contributed by atoms with Gasteiger partial charge in [-0.15, -0.1) is 0 Å². The number of aliphatic carboxylic acids is 2. The zero-order chi connectivity index (χ0) is 16.5. The molecule has 0 aliphatic rings. The first-order valence-corrected chi connectivity index (χ1v) is 6.41. The number of carboxylic acids is 2. The second-order valence-corrected chi connectivity index (χ2v) is 4.75. The highest BCUT2D eigenvalue weighted by atomic mass is 16.5. The van der Waals surface area contributed by atoms with Crippen LogP contribution in [0.3, 0.4) is 0 Å². The summed E-state index contributed by atoms with van der Waals surface area (Å²) in [6.45, 7) is 1.42. The summed E-state index contributed by atoms with van der Waals surface area (Å²) in [6.07, 6.45) is 0.526. The van der Waals surface area contributed by atoms with Gasteiger partial charge in [0.25, 0.3) is 0 Å². The molecule has 0 aliphatic heterocycles. The third-order valence-corrected chi connectivity index (χ3v) is 2.85. The molecule has 0 unspecified atom stereocenters. The molecule has 8 heteroatoms. The lowest BCUT2D eigenvalue weighted by molar-refractivity contribution is -0.166. The lowest BCUT2D eigenvalue weighted by Gasteiger charge is -2.28. The van der Waals surface area contributed by atoms with Gasteiger partial charge in [0.1, 0.15) is 18.6 Å². The zero-order valence-electron chi connectivity index (χ0n) is 12.1. The molecule has 0 aromatic rings. The first kappa shape index (κ1) is 18.9. The Hall–Kier alpha value is -2.12. The Morgan fingerprint density at radius 3 is 1.71 bits per heavy atom. The van der Waals surface area contributed by atoms with E-state index in [4.69, 9.17) is 14.6 Å². The van der Waals surface area contributed by atoms with Gasteiger partial charge in [-0.25, -0.2) is 0 Å². The summed E-state index contributed by atoms with van der Waals surface area (Å²) in [5.41, 5.74) is -1.56. The summed E-state index contributed by atoms with van der Waals surface area (Å²) in [5.74, 6) is -3.53. The van der Waals surface area contributed by atoms with Gasteiger partial charge in [-0.05, 0) is 12.8 Å². The molecule has 0 atom stereocenters. The molecule has 8 nitrogen and oxygen atoms in total. The van der Waals surface area contributed by atoms with Gasteiger partial charge in [-0.1, -0.05) is 6.42 Å². The number of rotatable bonds is 10. The van der Waals surface area contributed by atoms with E-state index in [-0.39, 0.29) is 19.3 Å². The number of esters is 2. The van der Waals surface area contributed by atoms with Gasteiger partial charge in [0.05, 0.1) is 0 Å². The average Bonchev–Trinajstić information content (AvgIpc) is 2.36. The second-order valence-electron chi connectivity index (χ2n) is 4.75. The van der Waals surface area contributed by atoms with E-state index in [2.05, 4.69) is 0 Å². The van der Waals surface area contributed by atoms with Crippen molar-refractivity contribution in [2.75, 3.05) is 13.2 Å². The number of unbranched alkanes of at least 4 members (excludes halogenated alkanes) is 1. The molecule has 0 radical (unpaired) electrons. The molecule has 0 spiro atoms. The molecule has 0 aromatic heterocycles. The smallest absolute Gasteiger partial charge is 0.316 e. The summed E-state index contributed by atoms with van der Waals surface area (Å²) >= 11 is 0. The molecule has 0 fully saturated rings. The first-order chi connectivity index (χ1) is 9.69. The number of hydrogen-bond acceptors (Lipinski definition) is 6. The Labute approximate surface area is 122 Å². The van der Waals surface area contributed by atoms with Gasteiger partial charge in [-0.3, -0.25) is 19.2 Å². The van der Waals surface area contributed by atoms with Crippen LogP contribution in [0.1, 0.15) is 39.5 Å². The Bertz CT molecular complexity index is 383. The summed E-state index contributed by atoms with van der Waals surface area (Å²) < 4.78 is 9.50. The highest BCUT2D eigenvalue weighted by molar-refractivity contribution is 5.76. The number of carbonyl (C=O) groups excluding carboxylic acids is 2. The Morgan fingerprint density at radius 2 is 1.38 bits per heavy atom. The van der Waals surface area contributed by atoms with Crippen LogP contribution < -0.4 is 0 Å². The highest BCUT2D eigenvalue weighted by Crippen LogP contribution is 2.27. The fraction of sp³-hybridized carbons (Fsp3) is 0.692. The van der Waals surface area contributed by atoms with Crippen LogP contribution in [-0.2, 0) is 28.7 Å². The minimum atomic E-state index is -1.56. The van der Waals surface area contributed by atoms with E-state index in [1.54, 1.807) is 0 Å². The minimum absolute atomic E-state index is 0.0379. The van der Waals surface area contributed by atoms with E-state index in [9.17, 15) is 24.3 Å². The van der Waals surface area contributed by atoms with Crippen LogP contribution in [0, 0.1) is 5.41 Å². The number of ether oxygens (including phenoxy) is 2. The molecule has 0 rings (SSSR count). The number of hydrogen-bond donors (Lipinski definition) is 2. The van der Waals surface area contributed by atoms with E-state index in [1.807, 2.05) is 0 Å². The monoisotopic (exact) mass is 304 g/mol. The van der Waals surface area contributed by atoms with Crippen molar-refractivity contribution in [2.24, 2.45) is 5.41 Å². The zero-order valence-corrected chi connectivity index (χ0v) is 12.1. The van der Waals surface area contributed by atoms with Crippen molar-refractivity contribution < 1.29 is 38.9 Å². The third kappa shape index (κ3) is 7.91. The molecule has 0 aromatic carbocycles. The van der Waals surface area contributed by atoms with Crippen LogP contribution in [-0.4, -0.2) is 47.3 Å². The van der Waals surface area contributed by atoms with Gasteiger partial charge in [0.2, 0.25) is 0 Å². The molecule has 0 bridgehead atoms. The molecule has 2 N–H and O–H groups in total. The summed E-state index contributed by atoms with van der Waals surface area (Å²) in [5, 5.41) is 17.9. The van der Waals surface area contributed by atoms with E-state index in [1.165, 1.54) is 0 Å². The largest absolute Gasteiger partial charge is 0.481 e. The molecular weight excluding hydrogens is 284 g/mol. The number of carbonyl (C=O) groups is 4. The Morgan fingerprint density at radius 1 is 0.905 bits per heavy atom. The van der Waals surface area contributed by atoms with Gasteiger partial charge < -0.3 is 19.7 Å². The molecule has 0 amide bonds. The molecule has 0 saturated heterocycles. The van der Waals surface area contributed by atoms with Crippen molar-refractivity contribution in [3.63, 3.8) is 0 Å². The van der Waals surface area contributed by atoms with Crippen molar-refractivity contribution in [3.8, 4) is 0 Å². The van der Waals surface area contributed by atoms with Crippen LogP contribution in [0.2, 0.25) is 0 Å². The fourth-order valence-electron chi connectivity index (χ4n) is 1.64. The molecule has 21 heavy (non-hydrogen) atoms. The van der Waals surface area contributed by atoms with Gasteiger partial charge in [0.15, 0.2) is 0 Å². The average molecular weight is 304 g/mol. The molecule has 0 saturated carbocycles. The van der Waals surface area contributed by atoms with Crippen LogP contribution in [0.15, 0.2) is 0 Å². The fourth-order valence-corrected chi connectivity index (χ4v) is 1.64. The van der Waals surface area contributed by atoms with Crippen molar-refractivity contribution in [1.29, 1.82) is 0 Å².